The highest BCUT2D eigenvalue weighted by Crippen LogP contribution is 2.24. The fourth-order valence-electron chi connectivity index (χ4n) is 1.65. The SMILES string of the molecule is CCC(C)N(C)c1ccc(F)cc1/C=C/C(=O)O. The third-order valence-corrected chi connectivity index (χ3v) is 3.03. The molecule has 1 aromatic rings. The molecule has 98 valence electrons. The Balaban J connectivity index is 3.14. The Bertz CT molecular complexity index is 457. The van der Waals surface area contributed by atoms with Gasteiger partial charge in [0.15, 0.2) is 0 Å². The summed E-state index contributed by atoms with van der Waals surface area (Å²) in [5.74, 6) is -1.42. The van der Waals surface area contributed by atoms with E-state index in [4.69, 9.17) is 5.11 Å². The van der Waals surface area contributed by atoms with Crippen LogP contribution in [0, 0.1) is 5.82 Å². The predicted molar refractivity (Wildman–Crippen MR) is 71.2 cm³/mol. The van der Waals surface area contributed by atoms with Gasteiger partial charge in [-0.1, -0.05) is 6.92 Å². The van der Waals surface area contributed by atoms with Crippen molar-refractivity contribution >= 4 is 17.7 Å². The first kappa shape index (κ1) is 14.2. The molecule has 0 aliphatic heterocycles. The molecule has 0 aliphatic rings. The quantitative estimate of drug-likeness (QED) is 0.817. The Morgan fingerprint density at radius 1 is 1.56 bits per heavy atom. The first-order valence-corrected chi connectivity index (χ1v) is 5.89. The van der Waals surface area contributed by atoms with Gasteiger partial charge >= 0.3 is 5.97 Å². The van der Waals surface area contributed by atoms with E-state index in [9.17, 15) is 9.18 Å². The summed E-state index contributed by atoms with van der Waals surface area (Å²) in [6.07, 6.45) is 3.39. The van der Waals surface area contributed by atoms with E-state index < -0.39 is 5.97 Å². The summed E-state index contributed by atoms with van der Waals surface area (Å²) in [6.45, 7) is 4.13. The number of nitrogens with zero attached hydrogens (tertiary/aromatic N) is 1. The van der Waals surface area contributed by atoms with Gasteiger partial charge in [0.05, 0.1) is 0 Å². The summed E-state index contributed by atoms with van der Waals surface area (Å²) in [5.41, 5.74) is 1.39. The average molecular weight is 251 g/mol. The molecule has 4 heteroatoms. The Morgan fingerprint density at radius 2 is 2.22 bits per heavy atom. The summed E-state index contributed by atoms with van der Waals surface area (Å²) in [6, 6.07) is 4.69. The standard InChI is InChI=1S/C14H18FNO2/c1-4-10(2)16(3)13-7-6-12(15)9-11(13)5-8-14(17)18/h5-10H,4H2,1-3H3,(H,17,18)/b8-5+. The summed E-state index contributed by atoms with van der Waals surface area (Å²) >= 11 is 0. The van der Waals surface area contributed by atoms with Crippen molar-refractivity contribution in [1.29, 1.82) is 0 Å². The smallest absolute Gasteiger partial charge is 0.328 e. The normalized spacial score (nSPS) is 12.7. The molecule has 0 aromatic heterocycles. The van der Waals surface area contributed by atoms with Gasteiger partial charge in [-0.05, 0) is 37.6 Å². The third-order valence-electron chi connectivity index (χ3n) is 3.03. The zero-order chi connectivity index (χ0) is 13.7. The molecule has 0 amide bonds. The first-order chi connectivity index (χ1) is 8.45. The number of rotatable bonds is 5. The molecule has 0 radical (unpaired) electrons. The van der Waals surface area contributed by atoms with Crippen molar-refractivity contribution in [2.75, 3.05) is 11.9 Å². The maximum Gasteiger partial charge on any atom is 0.328 e. The van der Waals surface area contributed by atoms with E-state index in [-0.39, 0.29) is 5.82 Å². The van der Waals surface area contributed by atoms with Crippen molar-refractivity contribution < 1.29 is 14.3 Å². The largest absolute Gasteiger partial charge is 0.478 e. The molecular formula is C14H18FNO2. The van der Waals surface area contributed by atoms with Gasteiger partial charge in [-0.3, -0.25) is 0 Å². The first-order valence-electron chi connectivity index (χ1n) is 5.89. The van der Waals surface area contributed by atoms with Gasteiger partial charge in [0.25, 0.3) is 0 Å². The van der Waals surface area contributed by atoms with Gasteiger partial charge in [-0.25, -0.2) is 9.18 Å². The maximum absolute atomic E-state index is 13.2. The molecule has 1 N–H and O–H groups in total. The predicted octanol–water partition coefficient (Wildman–Crippen LogP) is 3.16. The lowest BCUT2D eigenvalue weighted by Gasteiger charge is -2.27. The topological polar surface area (TPSA) is 40.5 Å². The number of anilines is 1. The van der Waals surface area contributed by atoms with E-state index in [0.717, 1.165) is 18.2 Å². The number of hydrogen-bond acceptors (Lipinski definition) is 2. The lowest BCUT2D eigenvalue weighted by atomic mass is 10.1. The fourth-order valence-corrected chi connectivity index (χ4v) is 1.65. The van der Waals surface area contributed by atoms with Gasteiger partial charge in [0.1, 0.15) is 5.82 Å². The highest BCUT2D eigenvalue weighted by Gasteiger charge is 2.11. The summed E-state index contributed by atoms with van der Waals surface area (Å²) in [7, 11) is 1.92. The molecule has 0 spiro atoms. The average Bonchev–Trinajstić information content (AvgIpc) is 2.34. The Hall–Kier alpha value is -1.84. The monoisotopic (exact) mass is 251 g/mol. The van der Waals surface area contributed by atoms with Crippen LogP contribution in [0.15, 0.2) is 24.3 Å². The van der Waals surface area contributed by atoms with Crippen LogP contribution in [0.2, 0.25) is 0 Å². The van der Waals surface area contributed by atoms with E-state index in [1.165, 1.54) is 18.2 Å². The van der Waals surface area contributed by atoms with Gasteiger partial charge in [-0.2, -0.15) is 0 Å². The zero-order valence-electron chi connectivity index (χ0n) is 10.9. The van der Waals surface area contributed by atoms with Crippen molar-refractivity contribution in [1.82, 2.24) is 0 Å². The van der Waals surface area contributed by atoms with E-state index in [0.29, 0.717) is 11.6 Å². The van der Waals surface area contributed by atoms with E-state index in [1.54, 1.807) is 6.07 Å². The van der Waals surface area contributed by atoms with Crippen molar-refractivity contribution in [2.45, 2.75) is 26.3 Å². The molecular weight excluding hydrogens is 233 g/mol. The highest BCUT2D eigenvalue weighted by molar-refractivity contribution is 5.87. The minimum atomic E-state index is -1.04. The van der Waals surface area contributed by atoms with E-state index >= 15 is 0 Å². The molecule has 0 aliphatic carbocycles. The minimum absolute atomic E-state index is 0.299. The Labute approximate surface area is 107 Å². The Kier molecular flexibility index (Phi) is 4.89. The lowest BCUT2D eigenvalue weighted by molar-refractivity contribution is -0.131. The molecule has 0 saturated carbocycles. The Morgan fingerprint density at radius 3 is 2.78 bits per heavy atom. The van der Waals surface area contributed by atoms with Crippen LogP contribution in [0.4, 0.5) is 10.1 Å². The number of carbonyl (C=O) groups is 1. The van der Waals surface area contributed by atoms with Gasteiger partial charge in [-0.15, -0.1) is 0 Å². The molecule has 18 heavy (non-hydrogen) atoms. The second-order valence-corrected chi connectivity index (χ2v) is 4.24. The number of benzene rings is 1. The van der Waals surface area contributed by atoms with E-state index in [1.807, 2.05) is 11.9 Å². The molecule has 1 atom stereocenters. The second-order valence-electron chi connectivity index (χ2n) is 4.24. The van der Waals surface area contributed by atoms with Crippen LogP contribution in [0.25, 0.3) is 6.08 Å². The lowest BCUT2D eigenvalue weighted by Crippen LogP contribution is -2.28. The van der Waals surface area contributed by atoms with Crippen molar-refractivity contribution in [3.8, 4) is 0 Å². The molecule has 0 saturated heterocycles. The number of aliphatic carboxylic acids is 1. The van der Waals surface area contributed by atoms with Crippen LogP contribution >= 0.6 is 0 Å². The zero-order valence-corrected chi connectivity index (χ0v) is 10.9. The van der Waals surface area contributed by atoms with Crippen LogP contribution in [-0.2, 0) is 4.79 Å². The molecule has 0 fully saturated rings. The molecule has 1 unspecified atom stereocenters. The number of halogens is 1. The van der Waals surface area contributed by atoms with Gasteiger partial charge < -0.3 is 10.0 Å². The van der Waals surface area contributed by atoms with Crippen molar-refractivity contribution in [3.63, 3.8) is 0 Å². The molecule has 0 heterocycles. The highest BCUT2D eigenvalue weighted by atomic mass is 19.1. The second kappa shape index (κ2) is 6.19. The summed E-state index contributed by atoms with van der Waals surface area (Å²) in [4.78, 5) is 12.5. The van der Waals surface area contributed by atoms with Crippen molar-refractivity contribution in [3.05, 3.63) is 35.7 Å². The number of carboxylic acids is 1. The molecule has 1 rings (SSSR count). The minimum Gasteiger partial charge on any atom is -0.478 e. The maximum atomic E-state index is 13.2. The summed E-state index contributed by atoms with van der Waals surface area (Å²) in [5, 5.41) is 8.63. The van der Waals surface area contributed by atoms with Crippen molar-refractivity contribution in [2.24, 2.45) is 0 Å². The van der Waals surface area contributed by atoms with Crippen LogP contribution in [0.1, 0.15) is 25.8 Å². The van der Waals surface area contributed by atoms with Crippen LogP contribution < -0.4 is 4.90 Å². The van der Waals surface area contributed by atoms with Gasteiger partial charge in [0.2, 0.25) is 0 Å². The van der Waals surface area contributed by atoms with Crippen LogP contribution in [-0.4, -0.2) is 24.2 Å². The molecule has 0 bridgehead atoms. The van der Waals surface area contributed by atoms with Crippen LogP contribution in [0.3, 0.4) is 0 Å². The third kappa shape index (κ3) is 3.58. The van der Waals surface area contributed by atoms with Crippen LogP contribution in [0.5, 0.6) is 0 Å². The molecule has 1 aromatic carbocycles. The molecule has 3 nitrogen and oxygen atoms in total. The fraction of sp³-hybridized carbons (Fsp3) is 0.357. The number of carboxylic acid groups (broad SMARTS) is 1. The summed E-state index contributed by atoms with van der Waals surface area (Å²) < 4.78 is 13.2. The van der Waals surface area contributed by atoms with E-state index in [2.05, 4.69) is 13.8 Å². The van der Waals surface area contributed by atoms with Gasteiger partial charge in [0, 0.05) is 30.4 Å². The number of hydrogen-bond donors (Lipinski definition) is 1.